The Balaban J connectivity index is 1.40. The first-order chi connectivity index (χ1) is 15.1. The van der Waals surface area contributed by atoms with Gasteiger partial charge in [0.1, 0.15) is 0 Å². The van der Waals surface area contributed by atoms with Gasteiger partial charge in [0, 0.05) is 6.20 Å². The van der Waals surface area contributed by atoms with Crippen LogP contribution in [0.1, 0.15) is 28.9 Å². The van der Waals surface area contributed by atoms with E-state index in [9.17, 15) is 9.59 Å². The topological polar surface area (TPSA) is 88.4 Å². The minimum atomic E-state index is -0.247. The monoisotopic (exact) mass is 431 g/mol. The molecule has 4 aromatic rings. The Bertz CT molecular complexity index is 1210. The van der Waals surface area contributed by atoms with Crippen LogP contribution in [0.3, 0.4) is 0 Å². The molecule has 1 atom stereocenters. The van der Waals surface area contributed by atoms with Crippen molar-refractivity contribution in [2.45, 2.75) is 18.1 Å². The number of amides is 2. The summed E-state index contributed by atoms with van der Waals surface area (Å²) in [5, 5.41) is 14.6. The van der Waals surface area contributed by atoms with E-state index < -0.39 is 0 Å². The lowest BCUT2D eigenvalue weighted by molar-refractivity contribution is -0.113. The van der Waals surface area contributed by atoms with Gasteiger partial charge in [-0.05, 0) is 36.8 Å². The summed E-state index contributed by atoms with van der Waals surface area (Å²) >= 11 is 1.28. The Hall–Kier alpha value is -3.65. The molecule has 31 heavy (non-hydrogen) atoms. The van der Waals surface area contributed by atoms with Crippen molar-refractivity contribution in [1.29, 1.82) is 0 Å². The van der Waals surface area contributed by atoms with E-state index in [1.54, 1.807) is 24.3 Å². The Morgan fingerprint density at radius 3 is 2.55 bits per heavy atom. The zero-order valence-electron chi connectivity index (χ0n) is 16.9. The third kappa shape index (κ3) is 4.92. The molecule has 8 heteroatoms. The Morgan fingerprint density at radius 1 is 0.968 bits per heavy atom. The van der Waals surface area contributed by atoms with Gasteiger partial charge < -0.3 is 10.6 Å². The summed E-state index contributed by atoms with van der Waals surface area (Å²) in [6.45, 7) is 1.92. The molecular weight excluding hydrogens is 410 g/mol. The molecule has 2 N–H and O–H groups in total. The van der Waals surface area contributed by atoms with Crippen molar-refractivity contribution in [1.82, 2.24) is 19.9 Å². The standard InChI is InChI=1S/C23H21N5O2S/c1-16(17-9-3-2-4-10-17)24-22(30)18-11-5-6-12-19(18)25-21(29)15-31-23-27-26-20-13-7-8-14-28(20)23/h2-14,16H,15H2,1H3,(H,24,30)(H,25,29). The molecule has 2 aromatic carbocycles. The predicted octanol–water partition coefficient (Wildman–Crippen LogP) is 3.95. The molecule has 0 fully saturated rings. The second-order valence-corrected chi connectivity index (χ2v) is 7.84. The van der Waals surface area contributed by atoms with Gasteiger partial charge in [-0.15, -0.1) is 10.2 Å². The van der Waals surface area contributed by atoms with Gasteiger partial charge in [0.15, 0.2) is 10.8 Å². The van der Waals surface area contributed by atoms with Crippen LogP contribution in [0.4, 0.5) is 5.69 Å². The van der Waals surface area contributed by atoms with Crippen molar-refractivity contribution in [2.24, 2.45) is 0 Å². The van der Waals surface area contributed by atoms with Crippen LogP contribution >= 0.6 is 11.8 Å². The van der Waals surface area contributed by atoms with Gasteiger partial charge in [-0.3, -0.25) is 14.0 Å². The largest absolute Gasteiger partial charge is 0.345 e. The number of anilines is 1. The fourth-order valence-corrected chi connectivity index (χ4v) is 3.85. The summed E-state index contributed by atoms with van der Waals surface area (Å²) in [6, 6.07) is 22.1. The maximum atomic E-state index is 12.8. The van der Waals surface area contributed by atoms with E-state index in [0.29, 0.717) is 16.4 Å². The maximum absolute atomic E-state index is 12.8. The van der Waals surface area contributed by atoms with Crippen molar-refractivity contribution in [3.63, 3.8) is 0 Å². The van der Waals surface area contributed by atoms with Crippen LogP contribution in [0.15, 0.2) is 84.1 Å². The number of para-hydroxylation sites is 1. The van der Waals surface area contributed by atoms with Crippen LogP contribution in [-0.4, -0.2) is 32.2 Å². The van der Waals surface area contributed by atoms with E-state index in [2.05, 4.69) is 20.8 Å². The number of aromatic nitrogens is 3. The van der Waals surface area contributed by atoms with Crippen LogP contribution in [-0.2, 0) is 4.79 Å². The molecule has 0 saturated carbocycles. The van der Waals surface area contributed by atoms with E-state index in [-0.39, 0.29) is 23.6 Å². The molecular formula is C23H21N5O2S. The summed E-state index contributed by atoms with van der Waals surface area (Å²) < 4.78 is 1.82. The van der Waals surface area contributed by atoms with Gasteiger partial charge >= 0.3 is 0 Å². The Kier molecular flexibility index (Phi) is 6.28. The summed E-state index contributed by atoms with van der Waals surface area (Å²) in [7, 11) is 0. The van der Waals surface area contributed by atoms with Gasteiger partial charge in [-0.1, -0.05) is 60.3 Å². The molecule has 0 saturated heterocycles. The van der Waals surface area contributed by atoms with Crippen molar-refractivity contribution in [2.75, 3.05) is 11.1 Å². The van der Waals surface area contributed by atoms with Crippen LogP contribution in [0.5, 0.6) is 0 Å². The normalized spacial score (nSPS) is 11.8. The number of pyridine rings is 1. The molecule has 0 radical (unpaired) electrons. The first kappa shape index (κ1) is 20.6. The lowest BCUT2D eigenvalue weighted by Crippen LogP contribution is -2.28. The van der Waals surface area contributed by atoms with Gasteiger partial charge in [0.2, 0.25) is 5.91 Å². The lowest BCUT2D eigenvalue weighted by atomic mass is 10.1. The van der Waals surface area contributed by atoms with Gasteiger partial charge in [0.25, 0.3) is 5.91 Å². The Morgan fingerprint density at radius 2 is 1.71 bits per heavy atom. The highest BCUT2D eigenvalue weighted by atomic mass is 32.2. The second kappa shape index (κ2) is 9.44. The summed E-state index contributed by atoms with van der Waals surface area (Å²) in [6.07, 6.45) is 1.85. The highest BCUT2D eigenvalue weighted by molar-refractivity contribution is 7.99. The van der Waals surface area contributed by atoms with Crippen LogP contribution in [0, 0.1) is 0 Å². The second-order valence-electron chi connectivity index (χ2n) is 6.90. The van der Waals surface area contributed by atoms with E-state index in [0.717, 1.165) is 11.2 Å². The van der Waals surface area contributed by atoms with E-state index in [4.69, 9.17) is 0 Å². The summed E-state index contributed by atoms with van der Waals surface area (Å²) in [5.41, 5.74) is 2.61. The Labute approximate surface area is 183 Å². The fourth-order valence-electron chi connectivity index (χ4n) is 3.12. The van der Waals surface area contributed by atoms with E-state index in [1.807, 2.05) is 66.1 Å². The third-order valence-electron chi connectivity index (χ3n) is 4.71. The number of benzene rings is 2. The number of rotatable bonds is 7. The van der Waals surface area contributed by atoms with Gasteiger partial charge in [-0.25, -0.2) is 0 Å². The minimum absolute atomic E-state index is 0.145. The molecule has 0 spiro atoms. The number of nitrogens with zero attached hydrogens (tertiary/aromatic N) is 3. The average Bonchev–Trinajstić information content (AvgIpc) is 3.22. The highest BCUT2D eigenvalue weighted by Crippen LogP contribution is 2.20. The van der Waals surface area contributed by atoms with Crippen LogP contribution in [0.2, 0.25) is 0 Å². The maximum Gasteiger partial charge on any atom is 0.253 e. The van der Waals surface area contributed by atoms with E-state index in [1.165, 1.54) is 11.8 Å². The van der Waals surface area contributed by atoms with Gasteiger partial charge in [-0.2, -0.15) is 0 Å². The van der Waals surface area contributed by atoms with Crippen molar-refractivity contribution in [3.05, 3.63) is 90.1 Å². The number of hydrogen-bond donors (Lipinski definition) is 2. The van der Waals surface area contributed by atoms with Crippen molar-refractivity contribution < 1.29 is 9.59 Å². The number of hydrogen-bond acceptors (Lipinski definition) is 5. The molecule has 0 bridgehead atoms. The first-order valence-corrected chi connectivity index (χ1v) is 10.8. The molecule has 0 aliphatic carbocycles. The first-order valence-electron chi connectivity index (χ1n) is 9.79. The number of carbonyl (C=O) groups is 2. The zero-order valence-corrected chi connectivity index (χ0v) is 17.7. The molecule has 4 rings (SSSR count). The third-order valence-corrected chi connectivity index (χ3v) is 5.65. The van der Waals surface area contributed by atoms with Crippen molar-refractivity contribution >= 4 is 34.9 Å². The number of carbonyl (C=O) groups excluding carboxylic acids is 2. The fraction of sp³-hybridized carbons (Fsp3) is 0.130. The lowest BCUT2D eigenvalue weighted by Gasteiger charge is -2.16. The number of thioether (sulfide) groups is 1. The van der Waals surface area contributed by atoms with Crippen LogP contribution < -0.4 is 10.6 Å². The zero-order chi connectivity index (χ0) is 21.6. The molecule has 1 unspecified atom stereocenters. The molecule has 7 nitrogen and oxygen atoms in total. The molecule has 2 aromatic heterocycles. The highest BCUT2D eigenvalue weighted by Gasteiger charge is 2.16. The smallest absolute Gasteiger partial charge is 0.253 e. The molecule has 2 heterocycles. The summed E-state index contributed by atoms with van der Waals surface area (Å²) in [4.78, 5) is 25.4. The van der Waals surface area contributed by atoms with Crippen molar-refractivity contribution in [3.8, 4) is 0 Å². The molecule has 0 aliphatic rings. The van der Waals surface area contributed by atoms with Crippen LogP contribution in [0.25, 0.3) is 5.65 Å². The quantitative estimate of drug-likeness (QED) is 0.433. The van der Waals surface area contributed by atoms with E-state index >= 15 is 0 Å². The van der Waals surface area contributed by atoms with Gasteiger partial charge in [0.05, 0.1) is 23.0 Å². The molecule has 0 aliphatic heterocycles. The summed E-state index contributed by atoms with van der Waals surface area (Å²) in [5.74, 6) is -0.330. The SMILES string of the molecule is CC(NC(=O)c1ccccc1NC(=O)CSc1nnc2ccccn12)c1ccccc1. The number of nitrogens with one attached hydrogen (secondary N) is 2. The minimum Gasteiger partial charge on any atom is -0.345 e. The number of fused-ring (bicyclic) bond motifs is 1. The molecule has 2 amide bonds. The average molecular weight is 432 g/mol. The molecule has 156 valence electrons. The predicted molar refractivity (Wildman–Crippen MR) is 121 cm³/mol.